The van der Waals surface area contributed by atoms with Crippen LogP contribution in [0.15, 0.2) is 35.3 Å². The van der Waals surface area contributed by atoms with Gasteiger partial charge in [0.2, 0.25) is 11.8 Å². The molecule has 1 aromatic carbocycles. The van der Waals surface area contributed by atoms with Crippen molar-refractivity contribution in [1.82, 2.24) is 9.88 Å². The van der Waals surface area contributed by atoms with Gasteiger partial charge in [0.05, 0.1) is 0 Å². The van der Waals surface area contributed by atoms with Gasteiger partial charge in [-0.15, -0.1) is 0 Å². The maximum Gasteiger partial charge on any atom is 0.259 e. The Morgan fingerprint density at radius 3 is 2.71 bits per heavy atom. The first kappa shape index (κ1) is 13.2. The van der Waals surface area contributed by atoms with E-state index in [4.69, 9.17) is 0 Å². The number of benzene rings is 1. The summed E-state index contributed by atoms with van der Waals surface area (Å²) in [4.78, 5) is 46.4. The number of carbonyl (C=O) groups excluding carboxylic acids is 3. The molecule has 6 nitrogen and oxygen atoms in total. The molecule has 0 spiro atoms. The van der Waals surface area contributed by atoms with E-state index in [0.29, 0.717) is 29.0 Å². The van der Waals surface area contributed by atoms with Gasteiger partial charge in [-0.05, 0) is 23.9 Å². The molecule has 0 bridgehead atoms. The highest BCUT2D eigenvalue weighted by Gasteiger charge is 2.28. The maximum atomic E-state index is 12.5. The van der Waals surface area contributed by atoms with Crippen molar-refractivity contribution in [2.24, 2.45) is 0 Å². The van der Waals surface area contributed by atoms with Crippen molar-refractivity contribution in [2.75, 3.05) is 0 Å². The largest absolute Gasteiger partial charge is 0.302 e. The van der Waals surface area contributed by atoms with E-state index in [9.17, 15) is 19.2 Å². The second kappa shape index (κ2) is 4.97. The Labute approximate surface area is 119 Å². The highest BCUT2D eigenvalue weighted by atomic mass is 16.2. The van der Waals surface area contributed by atoms with E-state index >= 15 is 0 Å². The molecule has 6 heteroatoms. The van der Waals surface area contributed by atoms with Crippen LogP contribution in [-0.4, -0.2) is 22.7 Å². The fourth-order valence-electron chi connectivity index (χ4n) is 2.54. The van der Waals surface area contributed by atoms with E-state index in [-0.39, 0.29) is 17.9 Å². The van der Waals surface area contributed by atoms with Crippen LogP contribution < -0.4 is 10.9 Å². The summed E-state index contributed by atoms with van der Waals surface area (Å²) < 4.78 is 1.32. The summed E-state index contributed by atoms with van der Waals surface area (Å²) in [6.45, 7) is 0. The SMILES string of the molecule is O=Cc1ccc2ccn(C3CCC(=O)NC3=O)c(=O)c2c1. The van der Waals surface area contributed by atoms with Crippen molar-refractivity contribution in [1.29, 1.82) is 0 Å². The zero-order chi connectivity index (χ0) is 15.0. The number of aldehydes is 1. The van der Waals surface area contributed by atoms with Gasteiger partial charge in [0.1, 0.15) is 12.3 Å². The number of nitrogens with one attached hydrogen (secondary N) is 1. The number of fused-ring (bicyclic) bond motifs is 1. The molecule has 3 rings (SSSR count). The number of imide groups is 1. The first-order valence-electron chi connectivity index (χ1n) is 6.54. The first-order valence-corrected chi connectivity index (χ1v) is 6.54. The van der Waals surface area contributed by atoms with Gasteiger partial charge in [-0.3, -0.25) is 24.5 Å². The molecule has 0 aliphatic carbocycles. The molecule has 1 aromatic heterocycles. The molecule has 1 aliphatic heterocycles. The molecule has 1 atom stereocenters. The van der Waals surface area contributed by atoms with Crippen LogP contribution in [0.3, 0.4) is 0 Å². The standard InChI is InChI=1S/C15H12N2O4/c18-8-9-1-2-10-5-6-17(15(21)11(10)7-9)12-3-4-13(19)16-14(12)20/h1-2,5-8,12H,3-4H2,(H,16,19,20). The van der Waals surface area contributed by atoms with Gasteiger partial charge in [0.15, 0.2) is 0 Å². The Hall–Kier alpha value is -2.76. The maximum absolute atomic E-state index is 12.5. The summed E-state index contributed by atoms with van der Waals surface area (Å²) in [6.07, 6.45) is 2.71. The number of rotatable bonds is 2. The van der Waals surface area contributed by atoms with Crippen molar-refractivity contribution in [3.8, 4) is 0 Å². The lowest BCUT2D eigenvalue weighted by Gasteiger charge is -2.23. The quantitative estimate of drug-likeness (QED) is 0.652. The molecule has 2 amide bonds. The van der Waals surface area contributed by atoms with Crippen molar-refractivity contribution >= 4 is 28.9 Å². The number of pyridine rings is 1. The predicted molar refractivity (Wildman–Crippen MR) is 75.0 cm³/mol. The third-order valence-corrected chi connectivity index (χ3v) is 3.64. The van der Waals surface area contributed by atoms with Crippen molar-refractivity contribution < 1.29 is 14.4 Å². The summed E-state index contributed by atoms with van der Waals surface area (Å²) >= 11 is 0. The molecule has 0 saturated carbocycles. The smallest absolute Gasteiger partial charge is 0.259 e. The van der Waals surface area contributed by atoms with E-state index in [0.717, 1.165) is 0 Å². The van der Waals surface area contributed by atoms with Crippen LogP contribution in [-0.2, 0) is 9.59 Å². The lowest BCUT2D eigenvalue weighted by molar-refractivity contribution is -0.135. The highest BCUT2D eigenvalue weighted by Crippen LogP contribution is 2.19. The number of hydrogen-bond donors (Lipinski definition) is 1. The van der Waals surface area contributed by atoms with Crippen LogP contribution in [0.25, 0.3) is 10.8 Å². The van der Waals surface area contributed by atoms with Crippen molar-refractivity contribution in [2.45, 2.75) is 18.9 Å². The van der Waals surface area contributed by atoms with Gasteiger partial charge in [-0.25, -0.2) is 0 Å². The molecule has 2 aromatic rings. The van der Waals surface area contributed by atoms with Gasteiger partial charge < -0.3 is 4.57 Å². The van der Waals surface area contributed by atoms with E-state index in [1.165, 1.54) is 10.6 Å². The second-order valence-corrected chi connectivity index (χ2v) is 4.96. The van der Waals surface area contributed by atoms with Crippen LogP contribution in [0.1, 0.15) is 29.2 Å². The minimum Gasteiger partial charge on any atom is -0.302 e. The zero-order valence-corrected chi connectivity index (χ0v) is 11.0. The van der Waals surface area contributed by atoms with Crippen LogP contribution >= 0.6 is 0 Å². The van der Waals surface area contributed by atoms with Gasteiger partial charge in [-0.2, -0.15) is 0 Å². The van der Waals surface area contributed by atoms with Crippen LogP contribution in [0.4, 0.5) is 0 Å². The fourth-order valence-corrected chi connectivity index (χ4v) is 2.54. The van der Waals surface area contributed by atoms with Crippen LogP contribution in [0, 0.1) is 0 Å². The monoisotopic (exact) mass is 284 g/mol. The average Bonchev–Trinajstić information content (AvgIpc) is 2.48. The highest BCUT2D eigenvalue weighted by molar-refractivity contribution is 5.99. The summed E-state index contributed by atoms with van der Waals surface area (Å²) in [5.41, 5.74) is 0.0614. The first-order chi connectivity index (χ1) is 10.1. The summed E-state index contributed by atoms with van der Waals surface area (Å²) in [5.74, 6) is -0.799. The normalized spacial score (nSPS) is 18.6. The molecule has 2 heterocycles. The minimum atomic E-state index is -0.695. The predicted octanol–water partition coefficient (Wildman–Crippen LogP) is 0.792. The van der Waals surface area contributed by atoms with Gasteiger partial charge in [0, 0.05) is 23.6 Å². The topological polar surface area (TPSA) is 85.2 Å². The number of piperidine rings is 1. The molecule has 1 unspecified atom stereocenters. The Morgan fingerprint density at radius 2 is 2.00 bits per heavy atom. The molecule has 1 fully saturated rings. The minimum absolute atomic E-state index is 0.204. The molecular weight excluding hydrogens is 272 g/mol. The lowest BCUT2D eigenvalue weighted by Crippen LogP contribution is -2.44. The molecule has 0 radical (unpaired) electrons. The molecule has 106 valence electrons. The van der Waals surface area contributed by atoms with E-state index in [2.05, 4.69) is 5.32 Å². The van der Waals surface area contributed by atoms with E-state index < -0.39 is 11.9 Å². The fraction of sp³-hybridized carbons (Fsp3) is 0.200. The number of hydrogen-bond acceptors (Lipinski definition) is 4. The average molecular weight is 284 g/mol. The van der Waals surface area contributed by atoms with Crippen molar-refractivity contribution in [3.63, 3.8) is 0 Å². The number of nitrogens with zero attached hydrogens (tertiary/aromatic N) is 1. The molecular formula is C15H12N2O4. The molecule has 1 saturated heterocycles. The van der Waals surface area contributed by atoms with Crippen LogP contribution in [0.5, 0.6) is 0 Å². The summed E-state index contributed by atoms with van der Waals surface area (Å²) in [5, 5.41) is 3.32. The second-order valence-electron chi connectivity index (χ2n) is 4.96. The summed E-state index contributed by atoms with van der Waals surface area (Å²) in [7, 11) is 0. The van der Waals surface area contributed by atoms with E-state index in [1.807, 2.05) is 0 Å². The number of amides is 2. The third kappa shape index (κ3) is 2.24. The zero-order valence-electron chi connectivity index (χ0n) is 11.0. The Kier molecular flexibility index (Phi) is 3.13. The number of carbonyl (C=O) groups is 3. The Bertz CT molecular complexity index is 822. The lowest BCUT2D eigenvalue weighted by atomic mass is 10.0. The molecule has 1 N–H and O–H groups in total. The number of aromatic nitrogens is 1. The third-order valence-electron chi connectivity index (χ3n) is 3.64. The van der Waals surface area contributed by atoms with Gasteiger partial charge in [-0.1, -0.05) is 12.1 Å². The van der Waals surface area contributed by atoms with Crippen molar-refractivity contribution in [3.05, 3.63) is 46.4 Å². The molecule has 1 aliphatic rings. The van der Waals surface area contributed by atoms with Gasteiger partial charge >= 0.3 is 0 Å². The van der Waals surface area contributed by atoms with Crippen LogP contribution in [0.2, 0.25) is 0 Å². The van der Waals surface area contributed by atoms with Gasteiger partial charge in [0.25, 0.3) is 5.56 Å². The Balaban J connectivity index is 2.13. The summed E-state index contributed by atoms with van der Waals surface area (Å²) in [6, 6.07) is 5.85. The van der Waals surface area contributed by atoms with E-state index in [1.54, 1.807) is 24.4 Å². The Morgan fingerprint density at radius 1 is 1.19 bits per heavy atom. The molecule has 21 heavy (non-hydrogen) atoms.